The van der Waals surface area contributed by atoms with Gasteiger partial charge in [0.15, 0.2) is 0 Å². The Kier molecular flexibility index (Phi) is 6.93. The van der Waals surface area contributed by atoms with Crippen LogP contribution in [0.4, 0.5) is 5.69 Å². The molecule has 0 aromatic heterocycles. The molecule has 0 aliphatic carbocycles. The molecule has 0 radical (unpaired) electrons. The van der Waals surface area contributed by atoms with E-state index in [2.05, 4.69) is 0 Å². The number of anilines is 1. The van der Waals surface area contributed by atoms with Crippen LogP contribution < -0.4 is 4.31 Å². The van der Waals surface area contributed by atoms with Crippen molar-refractivity contribution in [3.05, 3.63) is 58.1 Å². The minimum Gasteiger partial charge on any atom is -0.390 e. The summed E-state index contributed by atoms with van der Waals surface area (Å²) in [6, 6.07) is 11.1. The molecule has 2 aromatic carbocycles. The number of sulfonamides is 1. The number of likely N-dealkylation sites (N-methyl/N-ethyl adjacent to an activating group) is 1. The van der Waals surface area contributed by atoms with E-state index in [0.717, 1.165) is 9.87 Å². The molecule has 5 nitrogen and oxygen atoms in total. The molecule has 0 heterocycles. The highest BCUT2D eigenvalue weighted by Crippen LogP contribution is 2.33. The lowest BCUT2D eigenvalue weighted by atomic mass is 10.2. The molecule has 8 heteroatoms. The number of nitrogens with zero attached hydrogens (tertiary/aromatic N) is 2. The van der Waals surface area contributed by atoms with Crippen LogP contribution in [0, 0.1) is 6.92 Å². The number of aliphatic hydroxyl groups is 1. The number of hydrogen-bond acceptors (Lipinski definition) is 4. The summed E-state index contributed by atoms with van der Waals surface area (Å²) in [5.41, 5.74) is 1.18. The molecule has 142 valence electrons. The second kappa shape index (κ2) is 8.59. The Labute approximate surface area is 164 Å². The maximum Gasteiger partial charge on any atom is 0.264 e. The molecule has 0 aliphatic rings. The third-order valence-electron chi connectivity index (χ3n) is 3.74. The summed E-state index contributed by atoms with van der Waals surface area (Å²) in [7, 11) is -0.329. The van der Waals surface area contributed by atoms with Crippen LogP contribution in [0.2, 0.25) is 10.0 Å². The first-order valence-electron chi connectivity index (χ1n) is 7.98. The van der Waals surface area contributed by atoms with Gasteiger partial charge in [-0.1, -0.05) is 40.9 Å². The average molecular weight is 417 g/mol. The summed E-state index contributed by atoms with van der Waals surface area (Å²) < 4.78 is 27.6. The van der Waals surface area contributed by atoms with E-state index in [1.54, 1.807) is 37.2 Å². The summed E-state index contributed by atoms with van der Waals surface area (Å²) in [6.07, 6.45) is -0.903. The Bertz CT molecular complexity index is 855. The first-order chi connectivity index (χ1) is 12.1. The fourth-order valence-corrected chi connectivity index (χ4v) is 4.46. The molecule has 0 saturated carbocycles. The number of rotatable bonds is 7. The quantitative estimate of drug-likeness (QED) is 0.750. The minimum absolute atomic E-state index is 0.121. The Morgan fingerprint density at radius 3 is 2.23 bits per heavy atom. The monoisotopic (exact) mass is 416 g/mol. The van der Waals surface area contributed by atoms with Crippen molar-refractivity contribution in [2.45, 2.75) is 17.9 Å². The smallest absolute Gasteiger partial charge is 0.264 e. The first-order valence-corrected chi connectivity index (χ1v) is 10.2. The molecule has 2 rings (SSSR count). The highest BCUT2D eigenvalue weighted by Gasteiger charge is 2.29. The first kappa shape index (κ1) is 21.0. The summed E-state index contributed by atoms with van der Waals surface area (Å²) in [5.74, 6) is 0. The van der Waals surface area contributed by atoms with Gasteiger partial charge in [-0.15, -0.1) is 0 Å². The Morgan fingerprint density at radius 1 is 1.04 bits per heavy atom. The Hall–Kier alpha value is -1.31. The maximum atomic E-state index is 13.2. The number of aliphatic hydroxyl groups excluding tert-OH is 1. The van der Waals surface area contributed by atoms with Gasteiger partial charge in [-0.3, -0.25) is 4.31 Å². The predicted molar refractivity (Wildman–Crippen MR) is 107 cm³/mol. The average Bonchev–Trinajstić information content (AvgIpc) is 2.54. The van der Waals surface area contributed by atoms with Crippen molar-refractivity contribution in [3.63, 3.8) is 0 Å². The fraction of sp³-hybridized carbons (Fsp3) is 0.333. The van der Waals surface area contributed by atoms with Crippen LogP contribution in [0.3, 0.4) is 0 Å². The zero-order valence-corrected chi connectivity index (χ0v) is 17.2. The molecule has 0 aliphatic heterocycles. The lowest BCUT2D eigenvalue weighted by Crippen LogP contribution is -2.41. The second-order valence-corrected chi connectivity index (χ2v) is 9.07. The summed E-state index contributed by atoms with van der Waals surface area (Å²) in [4.78, 5) is 1.90. The molecular weight excluding hydrogens is 395 g/mol. The molecule has 0 amide bonds. The third kappa shape index (κ3) is 5.11. The van der Waals surface area contributed by atoms with Gasteiger partial charge < -0.3 is 10.0 Å². The molecular formula is C18H22Cl2N2O3S. The molecule has 1 atom stereocenters. The number of benzene rings is 2. The number of aryl methyl sites for hydroxylation is 1. The zero-order chi connectivity index (χ0) is 19.5. The molecule has 0 saturated heterocycles. The van der Waals surface area contributed by atoms with Crippen LogP contribution in [0.15, 0.2) is 47.4 Å². The predicted octanol–water partition coefficient (Wildman–Crippen LogP) is 3.42. The van der Waals surface area contributed by atoms with E-state index in [4.69, 9.17) is 23.2 Å². The van der Waals surface area contributed by atoms with E-state index in [-0.39, 0.29) is 22.2 Å². The van der Waals surface area contributed by atoms with Crippen LogP contribution in [-0.4, -0.2) is 51.7 Å². The SMILES string of the molecule is Cc1ccc(S(=O)(=O)N(CC(O)CN(C)C)c2cc(Cl)ccc2Cl)cc1. The van der Waals surface area contributed by atoms with Gasteiger partial charge in [0.1, 0.15) is 0 Å². The maximum absolute atomic E-state index is 13.2. The van der Waals surface area contributed by atoms with Crippen LogP contribution in [0.5, 0.6) is 0 Å². The van der Waals surface area contributed by atoms with E-state index < -0.39 is 16.1 Å². The molecule has 0 spiro atoms. The van der Waals surface area contributed by atoms with Gasteiger partial charge >= 0.3 is 0 Å². The summed E-state index contributed by atoms with van der Waals surface area (Å²) in [5, 5.41) is 10.9. The van der Waals surface area contributed by atoms with Crippen molar-refractivity contribution in [2.75, 3.05) is 31.5 Å². The lowest BCUT2D eigenvalue weighted by Gasteiger charge is -2.28. The van der Waals surface area contributed by atoms with Crippen molar-refractivity contribution in [1.29, 1.82) is 0 Å². The highest BCUT2D eigenvalue weighted by molar-refractivity contribution is 7.92. The van der Waals surface area contributed by atoms with E-state index in [0.29, 0.717) is 11.6 Å². The van der Waals surface area contributed by atoms with Crippen LogP contribution in [0.25, 0.3) is 0 Å². The lowest BCUT2D eigenvalue weighted by molar-refractivity contribution is 0.145. The normalized spacial score (nSPS) is 13.0. The van der Waals surface area contributed by atoms with E-state index in [1.165, 1.54) is 24.3 Å². The van der Waals surface area contributed by atoms with Crippen molar-refractivity contribution in [3.8, 4) is 0 Å². The van der Waals surface area contributed by atoms with Crippen molar-refractivity contribution >= 4 is 38.9 Å². The van der Waals surface area contributed by atoms with Crippen molar-refractivity contribution in [2.24, 2.45) is 0 Å². The largest absolute Gasteiger partial charge is 0.390 e. The molecule has 1 unspecified atom stereocenters. The van der Waals surface area contributed by atoms with E-state index >= 15 is 0 Å². The van der Waals surface area contributed by atoms with Gasteiger partial charge in [-0.05, 0) is 51.4 Å². The molecule has 0 bridgehead atoms. The van der Waals surface area contributed by atoms with Crippen LogP contribution >= 0.6 is 23.2 Å². The molecule has 2 aromatic rings. The van der Waals surface area contributed by atoms with Gasteiger partial charge in [-0.2, -0.15) is 0 Å². The van der Waals surface area contributed by atoms with Gasteiger partial charge in [0.2, 0.25) is 0 Å². The standard InChI is InChI=1S/C18H22Cl2N2O3S/c1-13-4-7-16(8-5-13)26(24,25)22(12-15(23)11-21(2)3)18-10-14(19)6-9-17(18)20/h4-10,15,23H,11-12H2,1-3H3. The number of hydrogen-bond donors (Lipinski definition) is 1. The Balaban J connectivity index is 2.52. The highest BCUT2D eigenvalue weighted by atomic mass is 35.5. The van der Waals surface area contributed by atoms with Gasteiger partial charge in [0.25, 0.3) is 10.0 Å². The van der Waals surface area contributed by atoms with E-state index in [9.17, 15) is 13.5 Å². The van der Waals surface area contributed by atoms with E-state index in [1.807, 2.05) is 6.92 Å². The number of halogens is 2. The van der Waals surface area contributed by atoms with Crippen LogP contribution in [0.1, 0.15) is 5.56 Å². The van der Waals surface area contributed by atoms with Gasteiger partial charge in [0, 0.05) is 11.6 Å². The Morgan fingerprint density at radius 2 is 1.65 bits per heavy atom. The molecule has 1 N–H and O–H groups in total. The third-order valence-corrected chi connectivity index (χ3v) is 6.09. The van der Waals surface area contributed by atoms with Gasteiger partial charge in [-0.25, -0.2) is 8.42 Å². The summed E-state index contributed by atoms with van der Waals surface area (Å²) in [6.45, 7) is 2.04. The molecule has 0 fully saturated rings. The minimum atomic E-state index is -3.93. The van der Waals surface area contributed by atoms with Crippen LogP contribution in [-0.2, 0) is 10.0 Å². The summed E-state index contributed by atoms with van der Waals surface area (Å²) >= 11 is 12.3. The van der Waals surface area contributed by atoms with Gasteiger partial charge in [0.05, 0.1) is 28.3 Å². The van der Waals surface area contributed by atoms with Crippen molar-refractivity contribution < 1.29 is 13.5 Å². The second-order valence-electron chi connectivity index (χ2n) is 6.36. The van der Waals surface area contributed by atoms with Crippen molar-refractivity contribution in [1.82, 2.24) is 4.90 Å². The fourth-order valence-electron chi connectivity index (χ4n) is 2.51. The molecule has 26 heavy (non-hydrogen) atoms. The topological polar surface area (TPSA) is 60.9 Å². The zero-order valence-electron chi connectivity index (χ0n) is 14.9.